The predicted molar refractivity (Wildman–Crippen MR) is 109 cm³/mol. The first-order valence-electron chi connectivity index (χ1n) is 9.97. The van der Waals surface area contributed by atoms with Crippen LogP contribution in [0, 0.1) is 11.6 Å². The van der Waals surface area contributed by atoms with E-state index in [1.54, 1.807) is 4.90 Å². The SMILES string of the molecule is CCNC(=NCCC(=O)NC(C)CC)NC1CCN(c2c(F)cccc2F)C1. The lowest BCUT2D eigenvalue weighted by Crippen LogP contribution is -2.45. The Hall–Kier alpha value is -2.38. The molecule has 0 spiro atoms. The first kappa shape index (κ1) is 21.9. The molecule has 3 N–H and O–H groups in total. The molecule has 2 unspecified atom stereocenters. The van der Waals surface area contributed by atoms with E-state index < -0.39 is 11.6 Å². The van der Waals surface area contributed by atoms with Crippen LogP contribution in [-0.2, 0) is 4.79 Å². The summed E-state index contributed by atoms with van der Waals surface area (Å²) >= 11 is 0. The second-order valence-electron chi connectivity index (χ2n) is 7.03. The van der Waals surface area contributed by atoms with Crippen molar-refractivity contribution in [1.29, 1.82) is 0 Å². The summed E-state index contributed by atoms with van der Waals surface area (Å²) in [5.74, 6) is -0.502. The number of guanidine groups is 1. The molecular formula is C20H31F2N5O. The van der Waals surface area contributed by atoms with Crippen molar-refractivity contribution in [2.24, 2.45) is 4.99 Å². The maximum atomic E-state index is 14.0. The fourth-order valence-electron chi connectivity index (χ4n) is 3.10. The molecule has 1 aliphatic rings. The Morgan fingerprint density at radius 3 is 2.68 bits per heavy atom. The maximum absolute atomic E-state index is 14.0. The van der Waals surface area contributed by atoms with E-state index in [4.69, 9.17) is 0 Å². The van der Waals surface area contributed by atoms with E-state index in [9.17, 15) is 13.6 Å². The molecule has 1 amide bonds. The second kappa shape index (κ2) is 10.8. The zero-order valence-electron chi connectivity index (χ0n) is 16.9. The highest BCUT2D eigenvalue weighted by atomic mass is 19.1. The van der Waals surface area contributed by atoms with Crippen LogP contribution in [0.2, 0.25) is 0 Å². The molecule has 1 heterocycles. The molecule has 6 nitrogen and oxygen atoms in total. The summed E-state index contributed by atoms with van der Waals surface area (Å²) in [5, 5.41) is 9.37. The molecule has 1 aromatic rings. The first-order chi connectivity index (χ1) is 13.4. The molecule has 0 aliphatic carbocycles. The molecule has 156 valence electrons. The molecule has 1 fully saturated rings. The minimum absolute atomic E-state index is 0.0176. The average molecular weight is 395 g/mol. The van der Waals surface area contributed by atoms with E-state index in [1.165, 1.54) is 18.2 Å². The number of benzene rings is 1. The van der Waals surface area contributed by atoms with Gasteiger partial charge in [-0.3, -0.25) is 9.79 Å². The van der Waals surface area contributed by atoms with Gasteiger partial charge in [0.2, 0.25) is 5.91 Å². The van der Waals surface area contributed by atoms with Gasteiger partial charge >= 0.3 is 0 Å². The molecule has 0 saturated carbocycles. The van der Waals surface area contributed by atoms with Crippen LogP contribution in [0.5, 0.6) is 0 Å². The molecule has 0 bridgehead atoms. The third-order valence-electron chi connectivity index (χ3n) is 4.76. The normalized spacial score (nSPS) is 18.1. The smallest absolute Gasteiger partial charge is 0.222 e. The largest absolute Gasteiger partial charge is 0.365 e. The monoisotopic (exact) mass is 395 g/mol. The van der Waals surface area contributed by atoms with Crippen LogP contribution in [0.15, 0.2) is 23.2 Å². The van der Waals surface area contributed by atoms with Gasteiger partial charge in [-0.05, 0) is 38.8 Å². The van der Waals surface area contributed by atoms with Crippen LogP contribution < -0.4 is 20.9 Å². The first-order valence-corrected chi connectivity index (χ1v) is 9.97. The average Bonchev–Trinajstić information content (AvgIpc) is 3.09. The number of halogens is 2. The number of carbonyl (C=O) groups excluding carboxylic acids is 1. The van der Waals surface area contributed by atoms with Gasteiger partial charge in [-0.1, -0.05) is 13.0 Å². The van der Waals surface area contributed by atoms with Crippen molar-refractivity contribution in [3.63, 3.8) is 0 Å². The van der Waals surface area contributed by atoms with Gasteiger partial charge in [0.05, 0.1) is 6.54 Å². The highest BCUT2D eigenvalue weighted by Gasteiger charge is 2.27. The van der Waals surface area contributed by atoms with E-state index in [-0.39, 0.29) is 23.7 Å². The number of amides is 1. The van der Waals surface area contributed by atoms with Gasteiger partial charge in [-0.15, -0.1) is 0 Å². The fourth-order valence-corrected chi connectivity index (χ4v) is 3.10. The molecular weight excluding hydrogens is 364 g/mol. The summed E-state index contributed by atoms with van der Waals surface area (Å²) in [6.07, 6.45) is 1.95. The highest BCUT2D eigenvalue weighted by molar-refractivity contribution is 5.81. The third-order valence-corrected chi connectivity index (χ3v) is 4.76. The maximum Gasteiger partial charge on any atom is 0.222 e. The molecule has 2 rings (SSSR count). The lowest BCUT2D eigenvalue weighted by atomic mass is 10.2. The van der Waals surface area contributed by atoms with Crippen molar-refractivity contribution in [1.82, 2.24) is 16.0 Å². The standard InChI is InChI=1S/C20H31F2N5O/c1-4-14(3)25-18(28)9-11-24-20(23-5-2)26-15-10-12-27(13-15)19-16(21)7-6-8-17(19)22/h6-8,14-15H,4-5,9-13H2,1-3H3,(H,25,28)(H2,23,24,26). The van der Waals surface area contributed by atoms with Crippen molar-refractivity contribution >= 4 is 17.6 Å². The molecule has 0 radical (unpaired) electrons. The van der Waals surface area contributed by atoms with Gasteiger partial charge in [0.1, 0.15) is 17.3 Å². The number of rotatable bonds is 8. The summed E-state index contributed by atoms with van der Waals surface area (Å²) in [6.45, 7) is 8.05. The molecule has 1 aromatic carbocycles. The second-order valence-corrected chi connectivity index (χ2v) is 7.03. The lowest BCUT2D eigenvalue weighted by Gasteiger charge is -2.21. The lowest BCUT2D eigenvalue weighted by molar-refractivity contribution is -0.121. The van der Waals surface area contributed by atoms with Gasteiger partial charge in [0.15, 0.2) is 5.96 Å². The zero-order chi connectivity index (χ0) is 20.5. The van der Waals surface area contributed by atoms with Gasteiger partial charge in [-0.25, -0.2) is 8.78 Å². The minimum Gasteiger partial charge on any atom is -0.365 e. The summed E-state index contributed by atoms with van der Waals surface area (Å²) < 4.78 is 28.0. The van der Waals surface area contributed by atoms with Crippen molar-refractivity contribution in [3.05, 3.63) is 29.8 Å². The van der Waals surface area contributed by atoms with E-state index in [0.29, 0.717) is 38.6 Å². The van der Waals surface area contributed by atoms with E-state index in [2.05, 4.69) is 20.9 Å². The van der Waals surface area contributed by atoms with Gasteiger partial charge in [0.25, 0.3) is 0 Å². The van der Waals surface area contributed by atoms with Crippen molar-refractivity contribution < 1.29 is 13.6 Å². The van der Waals surface area contributed by atoms with Crippen LogP contribution in [-0.4, -0.2) is 50.1 Å². The predicted octanol–water partition coefficient (Wildman–Crippen LogP) is 2.40. The Morgan fingerprint density at radius 1 is 1.32 bits per heavy atom. The van der Waals surface area contributed by atoms with E-state index in [0.717, 1.165) is 12.8 Å². The number of nitrogens with one attached hydrogen (secondary N) is 3. The van der Waals surface area contributed by atoms with E-state index in [1.807, 2.05) is 20.8 Å². The molecule has 1 aliphatic heterocycles. The highest BCUT2D eigenvalue weighted by Crippen LogP contribution is 2.26. The van der Waals surface area contributed by atoms with Crippen LogP contribution in [0.4, 0.5) is 14.5 Å². The number of aliphatic imine (C=N–C) groups is 1. The summed E-state index contributed by atoms with van der Waals surface area (Å²) in [5.41, 5.74) is 0.0236. The summed E-state index contributed by atoms with van der Waals surface area (Å²) in [6, 6.07) is 4.09. The number of anilines is 1. The van der Waals surface area contributed by atoms with Gasteiger partial charge in [0, 0.05) is 38.1 Å². The Bertz CT molecular complexity index is 662. The topological polar surface area (TPSA) is 68.8 Å². The van der Waals surface area contributed by atoms with Crippen LogP contribution in [0.3, 0.4) is 0 Å². The number of hydrogen-bond acceptors (Lipinski definition) is 3. The van der Waals surface area contributed by atoms with Crippen LogP contribution in [0.1, 0.15) is 40.0 Å². The van der Waals surface area contributed by atoms with E-state index >= 15 is 0 Å². The number of para-hydroxylation sites is 1. The minimum atomic E-state index is -0.548. The molecule has 8 heteroatoms. The summed E-state index contributed by atoms with van der Waals surface area (Å²) in [4.78, 5) is 18.0. The van der Waals surface area contributed by atoms with Crippen LogP contribution >= 0.6 is 0 Å². The molecule has 2 atom stereocenters. The number of carbonyl (C=O) groups is 1. The Balaban J connectivity index is 1.89. The van der Waals surface area contributed by atoms with Crippen molar-refractivity contribution in [3.8, 4) is 0 Å². The number of hydrogen-bond donors (Lipinski definition) is 3. The Morgan fingerprint density at radius 2 is 2.04 bits per heavy atom. The fraction of sp³-hybridized carbons (Fsp3) is 0.600. The van der Waals surface area contributed by atoms with Crippen LogP contribution in [0.25, 0.3) is 0 Å². The molecule has 0 aromatic heterocycles. The Labute approximate surface area is 165 Å². The van der Waals surface area contributed by atoms with Crippen molar-refractivity contribution in [2.75, 3.05) is 31.1 Å². The molecule has 28 heavy (non-hydrogen) atoms. The quantitative estimate of drug-likeness (QED) is 0.467. The van der Waals surface area contributed by atoms with Crippen molar-refractivity contribution in [2.45, 2.75) is 52.1 Å². The number of nitrogens with zero attached hydrogens (tertiary/aromatic N) is 2. The van der Waals surface area contributed by atoms with Gasteiger partial charge in [-0.2, -0.15) is 0 Å². The molecule has 1 saturated heterocycles. The Kier molecular flexibility index (Phi) is 8.47. The zero-order valence-corrected chi connectivity index (χ0v) is 16.9. The summed E-state index contributed by atoms with van der Waals surface area (Å²) in [7, 11) is 0. The third kappa shape index (κ3) is 6.35. The van der Waals surface area contributed by atoms with Gasteiger partial charge < -0.3 is 20.9 Å².